The Bertz CT molecular complexity index is 385. The summed E-state index contributed by atoms with van der Waals surface area (Å²) < 4.78 is 1.77. The Morgan fingerprint density at radius 3 is 3.00 bits per heavy atom. The average Bonchev–Trinajstić information content (AvgIpc) is 2.83. The Labute approximate surface area is 95.2 Å². The average molecular weight is 222 g/mol. The van der Waals surface area contributed by atoms with Gasteiger partial charge >= 0.3 is 0 Å². The third-order valence-corrected chi connectivity index (χ3v) is 3.04. The summed E-state index contributed by atoms with van der Waals surface area (Å²) in [6, 6.07) is -0.260. The molecule has 0 saturated carbocycles. The second-order valence-corrected chi connectivity index (χ2v) is 4.43. The lowest BCUT2D eigenvalue weighted by molar-refractivity contribution is -0.133. The number of hydrogen-bond acceptors (Lipinski definition) is 3. The van der Waals surface area contributed by atoms with E-state index in [-0.39, 0.29) is 11.9 Å². The maximum atomic E-state index is 11.9. The van der Waals surface area contributed by atoms with E-state index < -0.39 is 6.04 Å². The lowest BCUT2D eigenvalue weighted by Gasteiger charge is -2.25. The molecule has 0 radical (unpaired) electrons. The van der Waals surface area contributed by atoms with Gasteiger partial charge in [0.1, 0.15) is 0 Å². The van der Waals surface area contributed by atoms with E-state index in [1.165, 1.54) is 0 Å². The molecule has 1 aliphatic heterocycles. The zero-order chi connectivity index (χ0) is 11.7. The summed E-state index contributed by atoms with van der Waals surface area (Å²) in [6.45, 7) is 2.54. The van der Waals surface area contributed by atoms with Crippen molar-refractivity contribution in [3.63, 3.8) is 0 Å². The minimum absolute atomic E-state index is 0.0337. The van der Waals surface area contributed by atoms with Crippen LogP contribution in [-0.4, -0.2) is 33.2 Å². The van der Waals surface area contributed by atoms with Crippen LogP contribution in [0.4, 0.5) is 0 Å². The van der Waals surface area contributed by atoms with Crippen LogP contribution in [0.5, 0.6) is 0 Å². The van der Waals surface area contributed by atoms with Crippen LogP contribution in [0.2, 0.25) is 0 Å². The van der Waals surface area contributed by atoms with Crippen molar-refractivity contribution in [3.8, 4) is 0 Å². The Morgan fingerprint density at radius 1 is 1.69 bits per heavy atom. The molecule has 5 nitrogen and oxygen atoms in total. The highest BCUT2D eigenvalue weighted by molar-refractivity contribution is 5.81. The van der Waals surface area contributed by atoms with Crippen LogP contribution in [0.25, 0.3) is 0 Å². The number of amides is 1. The number of nitrogens with two attached hydrogens (primary N) is 1. The first kappa shape index (κ1) is 11.1. The zero-order valence-corrected chi connectivity index (χ0v) is 9.76. The van der Waals surface area contributed by atoms with E-state index in [0.29, 0.717) is 0 Å². The monoisotopic (exact) mass is 222 g/mol. The van der Waals surface area contributed by atoms with E-state index in [0.717, 1.165) is 24.9 Å². The first-order valence-corrected chi connectivity index (χ1v) is 5.64. The summed E-state index contributed by atoms with van der Waals surface area (Å²) in [7, 11) is 1.89. The van der Waals surface area contributed by atoms with E-state index >= 15 is 0 Å². The van der Waals surface area contributed by atoms with Crippen LogP contribution in [0.1, 0.15) is 31.4 Å². The number of aryl methyl sites for hydroxylation is 1. The summed E-state index contributed by atoms with van der Waals surface area (Å²) in [5, 5.41) is 4.15. The molecule has 2 rings (SSSR count). The van der Waals surface area contributed by atoms with Gasteiger partial charge in [0.15, 0.2) is 0 Å². The smallest absolute Gasteiger partial charge is 0.239 e. The highest BCUT2D eigenvalue weighted by Crippen LogP contribution is 2.31. The van der Waals surface area contributed by atoms with Gasteiger partial charge in [0, 0.05) is 25.4 Å². The molecule has 2 N–H and O–H groups in total. The van der Waals surface area contributed by atoms with Crippen molar-refractivity contribution in [1.29, 1.82) is 0 Å². The second-order valence-electron chi connectivity index (χ2n) is 4.43. The first-order chi connectivity index (χ1) is 7.59. The minimum atomic E-state index is -0.419. The van der Waals surface area contributed by atoms with E-state index in [9.17, 15) is 4.79 Å². The van der Waals surface area contributed by atoms with Gasteiger partial charge in [-0.05, 0) is 19.8 Å². The van der Waals surface area contributed by atoms with E-state index in [4.69, 9.17) is 5.73 Å². The summed E-state index contributed by atoms with van der Waals surface area (Å²) in [4.78, 5) is 13.8. The van der Waals surface area contributed by atoms with E-state index in [1.54, 1.807) is 11.6 Å². The topological polar surface area (TPSA) is 64.2 Å². The van der Waals surface area contributed by atoms with Gasteiger partial charge < -0.3 is 10.6 Å². The van der Waals surface area contributed by atoms with Crippen molar-refractivity contribution in [2.75, 3.05) is 6.54 Å². The van der Waals surface area contributed by atoms with Gasteiger partial charge in [0.05, 0.1) is 18.3 Å². The quantitative estimate of drug-likeness (QED) is 0.789. The molecule has 1 aliphatic rings. The lowest BCUT2D eigenvalue weighted by atomic mass is 10.1. The summed E-state index contributed by atoms with van der Waals surface area (Å²) in [6.07, 6.45) is 5.84. The predicted molar refractivity (Wildman–Crippen MR) is 60.5 cm³/mol. The fourth-order valence-corrected chi connectivity index (χ4v) is 2.25. The van der Waals surface area contributed by atoms with Crippen LogP contribution >= 0.6 is 0 Å². The molecule has 88 valence electrons. The van der Waals surface area contributed by atoms with Gasteiger partial charge in [0.2, 0.25) is 5.91 Å². The molecule has 0 aliphatic carbocycles. The van der Waals surface area contributed by atoms with Crippen molar-refractivity contribution in [2.45, 2.75) is 31.8 Å². The fourth-order valence-electron chi connectivity index (χ4n) is 2.25. The summed E-state index contributed by atoms with van der Waals surface area (Å²) >= 11 is 0. The van der Waals surface area contributed by atoms with Crippen LogP contribution in [0.3, 0.4) is 0 Å². The fraction of sp³-hybridized carbons (Fsp3) is 0.636. The SMILES string of the molecule is CC(N)C(=O)N1CCCC1c1cnn(C)c1. The normalized spacial score (nSPS) is 22.4. The van der Waals surface area contributed by atoms with Crippen molar-refractivity contribution in [2.24, 2.45) is 12.8 Å². The summed E-state index contributed by atoms with van der Waals surface area (Å²) in [5.74, 6) is 0.0337. The third kappa shape index (κ3) is 1.95. The van der Waals surface area contributed by atoms with Gasteiger partial charge in [-0.1, -0.05) is 0 Å². The van der Waals surface area contributed by atoms with Crippen LogP contribution in [-0.2, 0) is 11.8 Å². The number of nitrogens with zero attached hydrogens (tertiary/aromatic N) is 3. The molecule has 2 atom stereocenters. The van der Waals surface area contributed by atoms with Gasteiger partial charge in [-0.2, -0.15) is 5.10 Å². The number of carbonyl (C=O) groups is 1. The number of likely N-dealkylation sites (tertiary alicyclic amines) is 1. The molecule has 5 heteroatoms. The molecule has 1 fully saturated rings. The molecule has 0 spiro atoms. The van der Waals surface area contributed by atoms with Crippen molar-refractivity contribution in [3.05, 3.63) is 18.0 Å². The molecule has 0 aromatic carbocycles. The zero-order valence-electron chi connectivity index (χ0n) is 9.76. The largest absolute Gasteiger partial charge is 0.334 e. The molecule has 2 heterocycles. The number of rotatable bonds is 2. The van der Waals surface area contributed by atoms with Crippen molar-refractivity contribution < 1.29 is 4.79 Å². The van der Waals surface area contributed by atoms with E-state index in [1.807, 2.05) is 24.3 Å². The van der Waals surface area contributed by atoms with Crippen LogP contribution < -0.4 is 5.73 Å². The Kier molecular flexibility index (Phi) is 2.96. The molecular weight excluding hydrogens is 204 g/mol. The highest BCUT2D eigenvalue weighted by Gasteiger charge is 2.31. The van der Waals surface area contributed by atoms with Gasteiger partial charge in [0.25, 0.3) is 0 Å². The third-order valence-electron chi connectivity index (χ3n) is 3.04. The van der Waals surface area contributed by atoms with Crippen molar-refractivity contribution >= 4 is 5.91 Å². The molecular formula is C11H18N4O. The van der Waals surface area contributed by atoms with Crippen LogP contribution in [0, 0.1) is 0 Å². The number of carbonyl (C=O) groups excluding carboxylic acids is 1. The van der Waals surface area contributed by atoms with Gasteiger partial charge in [-0.3, -0.25) is 9.48 Å². The Morgan fingerprint density at radius 2 is 2.44 bits per heavy atom. The van der Waals surface area contributed by atoms with Gasteiger partial charge in [-0.25, -0.2) is 0 Å². The Balaban J connectivity index is 2.18. The molecule has 1 aromatic heterocycles. The lowest BCUT2D eigenvalue weighted by Crippen LogP contribution is -2.41. The van der Waals surface area contributed by atoms with E-state index in [2.05, 4.69) is 5.10 Å². The molecule has 1 saturated heterocycles. The van der Waals surface area contributed by atoms with Gasteiger partial charge in [-0.15, -0.1) is 0 Å². The minimum Gasteiger partial charge on any atom is -0.334 e. The number of hydrogen-bond donors (Lipinski definition) is 1. The Hall–Kier alpha value is -1.36. The number of aromatic nitrogens is 2. The van der Waals surface area contributed by atoms with Crippen LogP contribution in [0.15, 0.2) is 12.4 Å². The molecule has 2 unspecified atom stereocenters. The highest BCUT2D eigenvalue weighted by atomic mass is 16.2. The summed E-state index contributed by atoms with van der Waals surface area (Å²) in [5.41, 5.74) is 6.75. The van der Waals surface area contributed by atoms with Crippen molar-refractivity contribution in [1.82, 2.24) is 14.7 Å². The standard InChI is InChI=1S/C11H18N4O/c1-8(12)11(16)15-5-3-4-10(15)9-6-13-14(2)7-9/h6-8,10H,3-5,12H2,1-2H3. The molecule has 1 aromatic rings. The second kappa shape index (κ2) is 4.25. The maximum Gasteiger partial charge on any atom is 0.239 e. The molecule has 16 heavy (non-hydrogen) atoms. The molecule has 1 amide bonds. The predicted octanol–water partition coefficient (Wildman–Crippen LogP) is 0.431. The first-order valence-electron chi connectivity index (χ1n) is 5.64. The molecule has 0 bridgehead atoms. The maximum absolute atomic E-state index is 11.9.